The number of alkyl halides is 3. The van der Waals surface area contributed by atoms with Crippen molar-refractivity contribution < 1.29 is 17.9 Å². The van der Waals surface area contributed by atoms with E-state index in [0.29, 0.717) is 12.2 Å². The Morgan fingerprint density at radius 3 is 2.36 bits per heavy atom. The van der Waals surface area contributed by atoms with Crippen LogP contribution in [0.3, 0.4) is 0 Å². The van der Waals surface area contributed by atoms with Crippen molar-refractivity contribution in [3.8, 4) is 0 Å². The molecular weight excluding hydrogens is 177 g/mol. The van der Waals surface area contributed by atoms with E-state index in [1.165, 1.54) is 0 Å². The van der Waals surface area contributed by atoms with Crippen LogP contribution in [0.15, 0.2) is 0 Å². The first-order chi connectivity index (χ1) is 4.98. The monoisotopic (exact) mass is 188 g/mol. The van der Waals surface area contributed by atoms with Gasteiger partial charge in [-0.15, -0.1) is 0 Å². The van der Waals surface area contributed by atoms with Crippen LogP contribution in [0.4, 0.5) is 13.2 Å². The summed E-state index contributed by atoms with van der Waals surface area (Å²) >= 11 is 3.83. The average Bonchev–Trinajstić information content (AvgIpc) is 1.86. The van der Waals surface area contributed by atoms with E-state index in [1.807, 2.05) is 0 Å². The third kappa shape index (κ3) is 5.38. The number of hydrogen-bond acceptors (Lipinski definition) is 2. The molecule has 1 nitrogen and oxygen atoms in total. The molecule has 1 unspecified atom stereocenters. The van der Waals surface area contributed by atoms with Gasteiger partial charge in [0, 0.05) is 6.61 Å². The minimum Gasteiger partial charge on any atom is -0.369 e. The summed E-state index contributed by atoms with van der Waals surface area (Å²) in [5.74, 6) is 0.546. The molecule has 0 aromatic rings. The number of thiol groups is 1. The van der Waals surface area contributed by atoms with Crippen molar-refractivity contribution in [1.29, 1.82) is 0 Å². The summed E-state index contributed by atoms with van der Waals surface area (Å²) in [6, 6.07) is 0. The van der Waals surface area contributed by atoms with E-state index in [-0.39, 0.29) is 6.61 Å². The Kier molecular flexibility index (Phi) is 4.92. The molecule has 1 atom stereocenters. The van der Waals surface area contributed by atoms with Crippen LogP contribution in [-0.4, -0.2) is 24.6 Å². The highest BCUT2D eigenvalue weighted by molar-refractivity contribution is 7.80. The smallest absolute Gasteiger partial charge is 0.369 e. The summed E-state index contributed by atoms with van der Waals surface area (Å²) in [4.78, 5) is 0. The van der Waals surface area contributed by atoms with Gasteiger partial charge < -0.3 is 4.74 Å². The fourth-order valence-corrected chi connectivity index (χ4v) is 0.548. The van der Waals surface area contributed by atoms with Crippen molar-refractivity contribution in [2.24, 2.45) is 0 Å². The molecule has 0 aromatic heterocycles. The summed E-state index contributed by atoms with van der Waals surface area (Å²) in [5.41, 5.74) is 0. The van der Waals surface area contributed by atoms with E-state index in [1.54, 1.807) is 0 Å². The first-order valence-corrected chi connectivity index (χ1v) is 3.91. The molecule has 0 radical (unpaired) electrons. The third-order valence-electron chi connectivity index (χ3n) is 1.13. The Labute approximate surface area is 69.3 Å². The van der Waals surface area contributed by atoms with Gasteiger partial charge in [-0.1, -0.05) is 0 Å². The Hall–Kier alpha value is 0.100. The summed E-state index contributed by atoms with van der Waals surface area (Å²) in [5, 5.41) is 0. The van der Waals surface area contributed by atoms with E-state index in [0.717, 1.165) is 6.92 Å². The Morgan fingerprint density at radius 1 is 1.45 bits per heavy atom. The fraction of sp³-hybridized carbons (Fsp3) is 1.00. The lowest BCUT2D eigenvalue weighted by molar-refractivity contribution is -0.213. The lowest BCUT2D eigenvalue weighted by atomic mass is 10.4. The summed E-state index contributed by atoms with van der Waals surface area (Å²) in [6.07, 6.45) is -5.36. The molecule has 0 rings (SSSR count). The topological polar surface area (TPSA) is 9.23 Å². The van der Waals surface area contributed by atoms with Gasteiger partial charge in [-0.25, -0.2) is 0 Å². The second kappa shape index (κ2) is 4.87. The molecule has 5 heteroatoms. The summed E-state index contributed by atoms with van der Waals surface area (Å²) in [6.45, 7) is 1.11. The highest BCUT2D eigenvalue weighted by Gasteiger charge is 2.36. The normalized spacial score (nSPS) is 15.0. The van der Waals surface area contributed by atoms with Crippen molar-refractivity contribution in [2.45, 2.75) is 25.6 Å². The average molecular weight is 188 g/mol. The van der Waals surface area contributed by atoms with Gasteiger partial charge in [-0.2, -0.15) is 25.8 Å². The van der Waals surface area contributed by atoms with Crippen LogP contribution in [0.5, 0.6) is 0 Å². The molecule has 0 aliphatic heterocycles. The highest BCUT2D eigenvalue weighted by atomic mass is 32.1. The molecule has 0 spiro atoms. The van der Waals surface area contributed by atoms with E-state index in [4.69, 9.17) is 0 Å². The van der Waals surface area contributed by atoms with Gasteiger partial charge in [0.25, 0.3) is 0 Å². The molecule has 0 saturated carbocycles. The highest BCUT2D eigenvalue weighted by Crippen LogP contribution is 2.22. The fourth-order valence-electron chi connectivity index (χ4n) is 0.419. The Morgan fingerprint density at radius 2 is 2.00 bits per heavy atom. The van der Waals surface area contributed by atoms with Gasteiger partial charge in [0.2, 0.25) is 0 Å². The van der Waals surface area contributed by atoms with Gasteiger partial charge >= 0.3 is 6.18 Å². The lowest BCUT2D eigenvalue weighted by Gasteiger charge is -2.15. The first-order valence-electron chi connectivity index (χ1n) is 3.27. The van der Waals surface area contributed by atoms with Crippen molar-refractivity contribution >= 4 is 12.6 Å². The minimum absolute atomic E-state index is 0.115. The molecule has 68 valence electrons. The van der Waals surface area contributed by atoms with Crippen LogP contribution >= 0.6 is 12.6 Å². The van der Waals surface area contributed by atoms with Crippen LogP contribution in [0, 0.1) is 0 Å². The molecule has 0 aliphatic rings. The number of halogens is 3. The maximum atomic E-state index is 11.7. The molecule has 0 fully saturated rings. The van der Waals surface area contributed by atoms with Crippen molar-refractivity contribution in [1.82, 2.24) is 0 Å². The number of rotatable bonds is 4. The second-order valence-corrected chi connectivity index (χ2v) is 2.58. The largest absolute Gasteiger partial charge is 0.414 e. The molecule has 11 heavy (non-hydrogen) atoms. The van der Waals surface area contributed by atoms with Crippen LogP contribution in [0.1, 0.15) is 13.3 Å². The Bertz CT molecular complexity index is 104. The zero-order valence-electron chi connectivity index (χ0n) is 6.19. The predicted octanol–water partition coefficient (Wildman–Crippen LogP) is 2.27. The van der Waals surface area contributed by atoms with Gasteiger partial charge in [0.15, 0.2) is 6.10 Å². The SMILES string of the molecule is CC(OCCCS)C(F)(F)F. The quantitative estimate of drug-likeness (QED) is 0.526. The van der Waals surface area contributed by atoms with Crippen molar-refractivity contribution in [3.05, 3.63) is 0 Å². The zero-order chi connectivity index (χ0) is 8.91. The van der Waals surface area contributed by atoms with E-state index >= 15 is 0 Å². The molecule has 0 bridgehead atoms. The molecule has 0 amide bonds. The van der Waals surface area contributed by atoms with Crippen LogP contribution in [0.25, 0.3) is 0 Å². The maximum Gasteiger partial charge on any atom is 0.414 e. The van der Waals surface area contributed by atoms with Crippen molar-refractivity contribution in [2.75, 3.05) is 12.4 Å². The summed E-state index contributed by atoms with van der Waals surface area (Å²) < 4.78 is 39.7. The molecule has 0 heterocycles. The molecule has 0 aromatic carbocycles. The Balaban J connectivity index is 3.44. The lowest BCUT2D eigenvalue weighted by Crippen LogP contribution is -2.28. The first kappa shape index (κ1) is 11.1. The number of hydrogen-bond donors (Lipinski definition) is 1. The van der Waals surface area contributed by atoms with Gasteiger partial charge in [0.1, 0.15) is 0 Å². The van der Waals surface area contributed by atoms with Gasteiger partial charge in [-0.3, -0.25) is 0 Å². The van der Waals surface area contributed by atoms with Crippen LogP contribution in [0.2, 0.25) is 0 Å². The number of ether oxygens (including phenoxy) is 1. The molecule has 0 aliphatic carbocycles. The molecule has 0 saturated heterocycles. The summed E-state index contributed by atoms with van der Waals surface area (Å²) in [7, 11) is 0. The minimum atomic E-state index is -4.24. The second-order valence-electron chi connectivity index (χ2n) is 2.13. The van der Waals surface area contributed by atoms with E-state index < -0.39 is 12.3 Å². The maximum absolute atomic E-state index is 11.7. The third-order valence-corrected chi connectivity index (χ3v) is 1.45. The van der Waals surface area contributed by atoms with E-state index in [2.05, 4.69) is 17.4 Å². The molecule has 0 N–H and O–H groups in total. The predicted molar refractivity (Wildman–Crippen MR) is 39.9 cm³/mol. The zero-order valence-corrected chi connectivity index (χ0v) is 7.08. The standard InChI is InChI=1S/C6H11F3OS/c1-5(6(7,8)9)10-3-2-4-11/h5,11H,2-4H2,1H3. The van der Waals surface area contributed by atoms with Crippen LogP contribution < -0.4 is 0 Å². The van der Waals surface area contributed by atoms with E-state index in [9.17, 15) is 13.2 Å². The van der Waals surface area contributed by atoms with Crippen molar-refractivity contribution in [3.63, 3.8) is 0 Å². The van der Waals surface area contributed by atoms with Gasteiger partial charge in [0.05, 0.1) is 0 Å². The van der Waals surface area contributed by atoms with Gasteiger partial charge in [-0.05, 0) is 19.1 Å². The molecular formula is C6H11F3OS. The van der Waals surface area contributed by atoms with Crippen LogP contribution in [-0.2, 0) is 4.74 Å².